The molecule has 0 bridgehead atoms. The molecule has 0 fully saturated rings. The minimum Gasteiger partial charge on any atom is -0.483 e. The molecular formula is C21H17ClN2O3. The monoisotopic (exact) mass is 380 g/mol. The molecule has 0 aliphatic heterocycles. The number of para-hydroxylation sites is 1. The number of ether oxygens (including phenoxy) is 1. The number of rotatable bonds is 5. The summed E-state index contributed by atoms with van der Waals surface area (Å²) >= 11 is 5.78. The van der Waals surface area contributed by atoms with Gasteiger partial charge in [-0.2, -0.15) is 0 Å². The molecule has 0 aromatic heterocycles. The normalized spacial score (nSPS) is 10.1. The fourth-order valence-electron chi connectivity index (χ4n) is 2.43. The zero-order chi connectivity index (χ0) is 19.1. The molecule has 0 radical (unpaired) electrons. The van der Waals surface area contributed by atoms with Crippen molar-refractivity contribution >= 4 is 23.4 Å². The largest absolute Gasteiger partial charge is 0.483 e. The van der Waals surface area contributed by atoms with E-state index in [2.05, 4.69) is 10.9 Å². The van der Waals surface area contributed by atoms with Crippen molar-refractivity contribution in [3.8, 4) is 16.9 Å². The van der Waals surface area contributed by atoms with Crippen molar-refractivity contribution in [2.75, 3.05) is 6.61 Å². The van der Waals surface area contributed by atoms with E-state index in [1.54, 1.807) is 30.3 Å². The van der Waals surface area contributed by atoms with E-state index in [4.69, 9.17) is 16.3 Å². The van der Waals surface area contributed by atoms with Crippen molar-refractivity contribution in [1.29, 1.82) is 0 Å². The molecule has 2 amide bonds. The third-order valence-electron chi connectivity index (χ3n) is 3.75. The predicted octanol–water partition coefficient (Wildman–Crippen LogP) is 3.85. The number of carbonyl (C=O) groups excluding carboxylic acids is 2. The number of amides is 2. The third-order valence-corrected chi connectivity index (χ3v) is 4.00. The lowest BCUT2D eigenvalue weighted by Crippen LogP contribution is -2.43. The standard InChI is InChI=1S/C21H17ClN2O3/c22-17-12-10-16(11-13-17)21(26)24-23-20(25)14-27-19-9-5-4-8-18(19)15-6-2-1-3-7-15/h1-13H,14H2,(H,23,25)(H,24,26). The molecule has 0 aliphatic carbocycles. The summed E-state index contributed by atoms with van der Waals surface area (Å²) in [4.78, 5) is 23.9. The summed E-state index contributed by atoms with van der Waals surface area (Å²) in [6, 6.07) is 23.5. The lowest BCUT2D eigenvalue weighted by molar-refractivity contribution is -0.123. The van der Waals surface area contributed by atoms with E-state index >= 15 is 0 Å². The van der Waals surface area contributed by atoms with Gasteiger partial charge < -0.3 is 4.74 Å². The van der Waals surface area contributed by atoms with Crippen molar-refractivity contribution in [1.82, 2.24) is 10.9 Å². The Hall–Kier alpha value is -3.31. The lowest BCUT2D eigenvalue weighted by Gasteiger charge is -2.12. The molecule has 2 N–H and O–H groups in total. The minimum atomic E-state index is -0.472. The van der Waals surface area contributed by atoms with E-state index < -0.39 is 11.8 Å². The highest BCUT2D eigenvalue weighted by molar-refractivity contribution is 6.30. The zero-order valence-electron chi connectivity index (χ0n) is 14.3. The molecule has 0 spiro atoms. The van der Waals surface area contributed by atoms with Crippen LogP contribution in [0.25, 0.3) is 11.1 Å². The fourth-order valence-corrected chi connectivity index (χ4v) is 2.55. The number of hydrogen-bond donors (Lipinski definition) is 2. The lowest BCUT2D eigenvalue weighted by atomic mass is 10.1. The molecule has 0 saturated heterocycles. The Balaban J connectivity index is 1.55. The van der Waals surface area contributed by atoms with E-state index in [9.17, 15) is 9.59 Å². The number of halogens is 1. The summed E-state index contributed by atoms with van der Waals surface area (Å²) in [6.07, 6.45) is 0. The Kier molecular flexibility index (Phi) is 6.07. The maximum Gasteiger partial charge on any atom is 0.276 e. The molecule has 136 valence electrons. The maximum atomic E-state index is 12.0. The summed E-state index contributed by atoms with van der Waals surface area (Å²) in [7, 11) is 0. The second-order valence-corrected chi connectivity index (χ2v) is 6.10. The number of carbonyl (C=O) groups is 2. The number of hydrazine groups is 1. The van der Waals surface area contributed by atoms with E-state index in [-0.39, 0.29) is 6.61 Å². The molecule has 0 atom stereocenters. The quantitative estimate of drug-likeness (QED) is 0.661. The Morgan fingerprint density at radius 1 is 0.815 bits per heavy atom. The van der Waals surface area contributed by atoms with Gasteiger partial charge in [0, 0.05) is 16.1 Å². The highest BCUT2D eigenvalue weighted by Gasteiger charge is 2.10. The van der Waals surface area contributed by atoms with E-state index in [0.717, 1.165) is 11.1 Å². The van der Waals surface area contributed by atoms with Crippen molar-refractivity contribution in [3.05, 3.63) is 89.4 Å². The molecule has 0 saturated carbocycles. The Morgan fingerprint density at radius 2 is 1.48 bits per heavy atom. The van der Waals surface area contributed by atoms with Gasteiger partial charge in [0.25, 0.3) is 11.8 Å². The summed E-state index contributed by atoms with van der Waals surface area (Å²) in [6.45, 7) is -0.231. The summed E-state index contributed by atoms with van der Waals surface area (Å²) in [5.41, 5.74) is 6.93. The fraction of sp³-hybridized carbons (Fsp3) is 0.0476. The van der Waals surface area contributed by atoms with Crippen molar-refractivity contribution in [2.45, 2.75) is 0 Å². The Bertz CT molecular complexity index is 928. The van der Waals surface area contributed by atoms with Crippen molar-refractivity contribution in [3.63, 3.8) is 0 Å². The van der Waals surface area contributed by atoms with Crippen LogP contribution in [0.4, 0.5) is 0 Å². The van der Waals surface area contributed by atoms with Crippen molar-refractivity contribution in [2.24, 2.45) is 0 Å². The smallest absolute Gasteiger partial charge is 0.276 e. The molecule has 5 nitrogen and oxygen atoms in total. The van der Waals surface area contributed by atoms with E-state index in [1.807, 2.05) is 48.5 Å². The molecule has 0 unspecified atom stereocenters. The van der Waals surface area contributed by atoms with Gasteiger partial charge in [-0.3, -0.25) is 20.4 Å². The van der Waals surface area contributed by atoms with Crippen LogP contribution < -0.4 is 15.6 Å². The molecule has 27 heavy (non-hydrogen) atoms. The molecule has 6 heteroatoms. The molecule has 3 rings (SSSR count). The molecule has 3 aromatic carbocycles. The van der Waals surface area contributed by atoms with Crippen LogP contribution in [0, 0.1) is 0 Å². The first-order valence-corrected chi connectivity index (χ1v) is 8.63. The van der Waals surface area contributed by atoms with Crippen LogP contribution >= 0.6 is 11.6 Å². The van der Waals surface area contributed by atoms with Gasteiger partial charge in [-0.25, -0.2) is 0 Å². The van der Waals surface area contributed by atoms with Crippen LogP contribution in [0.15, 0.2) is 78.9 Å². The first-order chi connectivity index (χ1) is 13.1. The number of hydrogen-bond acceptors (Lipinski definition) is 3. The van der Waals surface area contributed by atoms with E-state index in [0.29, 0.717) is 16.3 Å². The van der Waals surface area contributed by atoms with Gasteiger partial charge in [-0.05, 0) is 35.9 Å². The van der Waals surface area contributed by atoms with Crippen LogP contribution in [-0.4, -0.2) is 18.4 Å². The SMILES string of the molecule is O=C(COc1ccccc1-c1ccccc1)NNC(=O)c1ccc(Cl)cc1. The molecular weight excluding hydrogens is 364 g/mol. The molecule has 0 heterocycles. The number of nitrogens with one attached hydrogen (secondary N) is 2. The first kappa shape index (κ1) is 18.5. The van der Waals surface area contributed by atoms with Gasteiger partial charge in [-0.15, -0.1) is 0 Å². The van der Waals surface area contributed by atoms with Crippen LogP contribution in [0.2, 0.25) is 5.02 Å². The molecule has 0 aliphatic rings. The molecule has 3 aromatic rings. The first-order valence-electron chi connectivity index (χ1n) is 8.25. The Labute approximate surface area is 161 Å². The average Bonchev–Trinajstić information content (AvgIpc) is 2.72. The van der Waals surface area contributed by atoms with Gasteiger partial charge in [0.1, 0.15) is 5.75 Å². The minimum absolute atomic E-state index is 0.231. The third kappa shape index (κ3) is 5.09. The topological polar surface area (TPSA) is 67.4 Å². The van der Waals surface area contributed by atoms with Gasteiger partial charge >= 0.3 is 0 Å². The second kappa shape index (κ2) is 8.87. The van der Waals surface area contributed by atoms with Crippen LogP contribution in [-0.2, 0) is 4.79 Å². The van der Waals surface area contributed by atoms with Crippen LogP contribution in [0.5, 0.6) is 5.75 Å². The second-order valence-electron chi connectivity index (χ2n) is 5.66. The van der Waals surface area contributed by atoms with Gasteiger partial charge in [0.2, 0.25) is 0 Å². The highest BCUT2D eigenvalue weighted by atomic mass is 35.5. The summed E-state index contributed by atoms with van der Waals surface area (Å²) in [5, 5.41) is 0.529. The van der Waals surface area contributed by atoms with Crippen molar-refractivity contribution < 1.29 is 14.3 Å². The van der Waals surface area contributed by atoms with Crippen LogP contribution in [0.1, 0.15) is 10.4 Å². The van der Waals surface area contributed by atoms with E-state index in [1.165, 1.54) is 0 Å². The summed E-state index contributed by atoms with van der Waals surface area (Å²) in [5.74, 6) is -0.326. The summed E-state index contributed by atoms with van der Waals surface area (Å²) < 4.78 is 5.63. The Morgan fingerprint density at radius 3 is 2.22 bits per heavy atom. The van der Waals surface area contributed by atoms with Gasteiger partial charge in [0.15, 0.2) is 6.61 Å². The highest BCUT2D eigenvalue weighted by Crippen LogP contribution is 2.29. The van der Waals surface area contributed by atoms with Gasteiger partial charge in [-0.1, -0.05) is 60.1 Å². The average molecular weight is 381 g/mol. The van der Waals surface area contributed by atoms with Gasteiger partial charge in [0.05, 0.1) is 0 Å². The zero-order valence-corrected chi connectivity index (χ0v) is 15.1. The maximum absolute atomic E-state index is 12.0. The predicted molar refractivity (Wildman–Crippen MR) is 104 cm³/mol. The number of benzene rings is 3. The van der Waals surface area contributed by atoms with Crippen LogP contribution in [0.3, 0.4) is 0 Å².